The van der Waals surface area contributed by atoms with Crippen LogP contribution in [0, 0.1) is 5.92 Å². The zero-order chi connectivity index (χ0) is 9.35. The summed E-state index contributed by atoms with van der Waals surface area (Å²) in [5.41, 5.74) is 0. The van der Waals surface area contributed by atoms with E-state index in [-0.39, 0.29) is 6.04 Å². The van der Waals surface area contributed by atoms with E-state index >= 15 is 0 Å². The van der Waals surface area contributed by atoms with Gasteiger partial charge in [0.15, 0.2) is 0 Å². The lowest BCUT2D eigenvalue weighted by atomic mass is 10.3. The first-order valence-electron chi connectivity index (χ1n) is 4.38. The van der Waals surface area contributed by atoms with E-state index in [1.54, 1.807) is 4.31 Å². The molecule has 0 N–H and O–H groups in total. The monoisotopic (exact) mass is 191 g/mol. The van der Waals surface area contributed by atoms with E-state index in [0.717, 1.165) is 6.54 Å². The van der Waals surface area contributed by atoms with Crippen LogP contribution < -0.4 is 0 Å². The first-order chi connectivity index (χ1) is 5.41. The summed E-state index contributed by atoms with van der Waals surface area (Å²) >= 11 is 0. The van der Waals surface area contributed by atoms with Gasteiger partial charge in [0.05, 0.1) is 6.26 Å². The quantitative estimate of drug-likeness (QED) is 0.666. The van der Waals surface area contributed by atoms with Crippen molar-refractivity contribution in [2.75, 3.05) is 12.8 Å². The molecule has 0 aromatic heterocycles. The van der Waals surface area contributed by atoms with Crippen molar-refractivity contribution in [2.24, 2.45) is 5.92 Å². The molecule has 12 heavy (non-hydrogen) atoms. The third-order valence-electron chi connectivity index (χ3n) is 2.14. The highest BCUT2D eigenvalue weighted by atomic mass is 32.2. The zero-order valence-corrected chi connectivity index (χ0v) is 8.76. The molecule has 1 aliphatic carbocycles. The highest BCUT2D eigenvalue weighted by Crippen LogP contribution is 2.30. The molecule has 1 saturated carbocycles. The van der Waals surface area contributed by atoms with Crippen molar-refractivity contribution in [3.8, 4) is 0 Å². The predicted molar refractivity (Wildman–Crippen MR) is 49.4 cm³/mol. The molecular formula is C8H17NO2S. The van der Waals surface area contributed by atoms with E-state index < -0.39 is 10.0 Å². The normalized spacial score (nSPS) is 19.1. The second-order valence-corrected chi connectivity index (χ2v) is 5.80. The van der Waals surface area contributed by atoms with E-state index in [0.29, 0.717) is 5.92 Å². The molecule has 0 aromatic carbocycles. The minimum atomic E-state index is -2.99. The maximum Gasteiger partial charge on any atom is 0.211 e. The summed E-state index contributed by atoms with van der Waals surface area (Å²) in [6.07, 6.45) is 3.67. The maximum absolute atomic E-state index is 11.3. The highest BCUT2D eigenvalue weighted by Gasteiger charge is 2.29. The fourth-order valence-electron chi connectivity index (χ4n) is 1.28. The molecule has 0 unspecified atom stereocenters. The summed E-state index contributed by atoms with van der Waals surface area (Å²) in [6.45, 7) is 4.56. The van der Waals surface area contributed by atoms with Gasteiger partial charge < -0.3 is 0 Å². The van der Waals surface area contributed by atoms with Crippen LogP contribution in [0.3, 0.4) is 0 Å². The summed E-state index contributed by atoms with van der Waals surface area (Å²) in [6, 6.07) is 0.0978. The summed E-state index contributed by atoms with van der Waals surface area (Å²) in [7, 11) is -2.99. The van der Waals surface area contributed by atoms with Gasteiger partial charge in [-0.2, -0.15) is 4.31 Å². The van der Waals surface area contributed by atoms with Gasteiger partial charge in [-0.15, -0.1) is 0 Å². The minimum absolute atomic E-state index is 0.0978. The molecule has 0 bridgehead atoms. The molecule has 1 fully saturated rings. The molecule has 0 aromatic rings. The predicted octanol–water partition coefficient (Wildman–Crippen LogP) is 1.07. The number of hydrogen-bond acceptors (Lipinski definition) is 2. The molecule has 0 spiro atoms. The molecule has 1 aliphatic rings. The molecule has 0 atom stereocenters. The average Bonchev–Trinajstić information content (AvgIpc) is 2.61. The molecule has 0 amide bonds. The van der Waals surface area contributed by atoms with Gasteiger partial charge >= 0.3 is 0 Å². The van der Waals surface area contributed by atoms with Gasteiger partial charge in [-0.05, 0) is 32.6 Å². The molecule has 0 radical (unpaired) electrons. The van der Waals surface area contributed by atoms with Crippen LogP contribution in [0.1, 0.15) is 26.7 Å². The van der Waals surface area contributed by atoms with Crippen molar-refractivity contribution >= 4 is 10.0 Å². The SMILES string of the molecule is CC(C)N(CC1CC1)S(C)(=O)=O. The van der Waals surface area contributed by atoms with Crippen molar-refractivity contribution in [2.45, 2.75) is 32.7 Å². The van der Waals surface area contributed by atoms with Crippen LogP contribution >= 0.6 is 0 Å². The van der Waals surface area contributed by atoms with Gasteiger partial charge in [0.1, 0.15) is 0 Å². The van der Waals surface area contributed by atoms with Crippen molar-refractivity contribution in [1.29, 1.82) is 0 Å². The van der Waals surface area contributed by atoms with Gasteiger partial charge in [-0.1, -0.05) is 0 Å². The lowest BCUT2D eigenvalue weighted by Gasteiger charge is -2.23. The molecule has 0 saturated heterocycles. The molecule has 1 rings (SSSR count). The fourth-order valence-corrected chi connectivity index (χ4v) is 2.53. The van der Waals surface area contributed by atoms with Crippen LogP contribution in [0.4, 0.5) is 0 Å². The Labute approximate surface area is 74.8 Å². The highest BCUT2D eigenvalue weighted by molar-refractivity contribution is 7.88. The van der Waals surface area contributed by atoms with Gasteiger partial charge in [0.25, 0.3) is 0 Å². The summed E-state index contributed by atoms with van der Waals surface area (Å²) in [5.74, 6) is 0.627. The van der Waals surface area contributed by atoms with Crippen LogP contribution in [-0.2, 0) is 10.0 Å². The molecule has 0 aliphatic heterocycles. The largest absolute Gasteiger partial charge is 0.212 e. The van der Waals surface area contributed by atoms with Gasteiger partial charge in [0, 0.05) is 12.6 Å². The van der Waals surface area contributed by atoms with E-state index in [1.165, 1.54) is 19.1 Å². The molecular weight excluding hydrogens is 174 g/mol. The van der Waals surface area contributed by atoms with Crippen LogP contribution in [-0.4, -0.2) is 31.6 Å². The Kier molecular flexibility index (Phi) is 2.78. The number of rotatable bonds is 4. The topological polar surface area (TPSA) is 37.4 Å². The molecule has 3 nitrogen and oxygen atoms in total. The second kappa shape index (κ2) is 3.34. The molecule has 4 heteroatoms. The number of hydrogen-bond donors (Lipinski definition) is 0. The Morgan fingerprint density at radius 1 is 1.42 bits per heavy atom. The molecule has 0 heterocycles. The maximum atomic E-state index is 11.3. The standard InChI is InChI=1S/C8H17NO2S/c1-7(2)9(12(3,10)11)6-8-4-5-8/h7-8H,4-6H2,1-3H3. The van der Waals surface area contributed by atoms with Gasteiger partial charge in [0.2, 0.25) is 10.0 Å². The van der Waals surface area contributed by atoms with Crippen molar-refractivity contribution in [3.05, 3.63) is 0 Å². The third kappa shape index (κ3) is 2.75. The van der Waals surface area contributed by atoms with Crippen molar-refractivity contribution in [3.63, 3.8) is 0 Å². The van der Waals surface area contributed by atoms with Gasteiger partial charge in [-0.3, -0.25) is 0 Å². The van der Waals surface area contributed by atoms with Crippen LogP contribution in [0.15, 0.2) is 0 Å². The van der Waals surface area contributed by atoms with Crippen LogP contribution in [0.2, 0.25) is 0 Å². The van der Waals surface area contributed by atoms with E-state index in [9.17, 15) is 8.42 Å². The summed E-state index contributed by atoms with van der Waals surface area (Å²) < 4.78 is 24.1. The minimum Gasteiger partial charge on any atom is -0.212 e. The van der Waals surface area contributed by atoms with Crippen molar-refractivity contribution < 1.29 is 8.42 Å². The Hall–Kier alpha value is -0.0900. The first-order valence-corrected chi connectivity index (χ1v) is 6.23. The number of nitrogens with zero attached hydrogens (tertiary/aromatic N) is 1. The smallest absolute Gasteiger partial charge is 0.211 e. The Morgan fingerprint density at radius 3 is 2.17 bits per heavy atom. The van der Waals surface area contributed by atoms with E-state index in [4.69, 9.17) is 0 Å². The molecule has 72 valence electrons. The van der Waals surface area contributed by atoms with Gasteiger partial charge in [-0.25, -0.2) is 8.42 Å². The van der Waals surface area contributed by atoms with E-state index in [1.807, 2.05) is 13.8 Å². The lowest BCUT2D eigenvalue weighted by molar-refractivity contribution is 0.344. The average molecular weight is 191 g/mol. The lowest BCUT2D eigenvalue weighted by Crippen LogP contribution is -2.37. The zero-order valence-electron chi connectivity index (χ0n) is 7.95. The second-order valence-electron chi connectivity index (χ2n) is 3.87. The fraction of sp³-hybridized carbons (Fsp3) is 1.00. The Bertz CT molecular complexity index is 242. The van der Waals surface area contributed by atoms with Crippen LogP contribution in [0.5, 0.6) is 0 Å². The summed E-state index contributed by atoms with van der Waals surface area (Å²) in [4.78, 5) is 0. The third-order valence-corrected chi connectivity index (χ3v) is 3.56. The van der Waals surface area contributed by atoms with Crippen LogP contribution in [0.25, 0.3) is 0 Å². The first kappa shape index (κ1) is 9.99. The van der Waals surface area contributed by atoms with E-state index in [2.05, 4.69) is 0 Å². The Morgan fingerprint density at radius 2 is 1.92 bits per heavy atom. The van der Waals surface area contributed by atoms with Crippen molar-refractivity contribution in [1.82, 2.24) is 4.31 Å². The number of sulfonamides is 1. The summed E-state index contributed by atoms with van der Waals surface area (Å²) in [5, 5.41) is 0. The Balaban J connectivity index is 2.60.